The first-order chi connectivity index (χ1) is 15.3. The molecule has 2 N–H and O–H groups in total. The number of fused-ring (bicyclic) bond motifs is 1. The number of para-hydroxylation sites is 1. The van der Waals surface area contributed by atoms with Crippen molar-refractivity contribution in [2.24, 2.45) is 0 Å². The normalized spacial score (nSPS) is 19.2. The lowest BCUT2D eigenvalue weighted by Crippen LogP contribution is -2.40. The molecule has 0 aliphatic carbocycles. The number of halogens is 2. The first-order valence-corrected chi connectivity index (χ1v) is 11.3. The zero-order chi connectivity index (χ0) is 22.8. The maximum absolute atomic E-state index is 12.7. The van der Waals surface area contributed by atoms with Gasteiger partial charge in [-0.15, -0.1) is 0 Å². The van der Waals surface area contributed by atoms with E-state index < -0.39 is 17.1 Å². The lowest BCUT2D eigenvalue weighted by Gasteiger charge is -2.25. The third kappa shape index (κ3) is 4.67. The second-order valence-electron chi connectivity index (χ2n) is 7.18. The van der Waals surface area contributed by atoms with E-state index in [2.05, 4.69) is 10.6 Å². The van der Waals surface area contributed by atoms with E-state index in [-0.39, 0.29) is 36.2 Å². The van der Waals surface area contributed by atoms with E-state index >= 15 is 0 Å². The molecular weight excluding hydrogens is 473 g/mol. The number of amides is 4. The number of nitrogens with one attached hydrogen (secondary N) is 2. The number of rotatable bonds is 5. The number of hydrogen-bond donors (Lipinski definition) is 2. The molecule has 1 saturated heterocycles. The number of hydrogen-bond acceptors (Lipinski definition) is 5. The predicted octanol–water partition coefficient (Wildman–Crippen LogP) is 4.27. The fraction of sp³-hybridized carbons (Fsp3) is 0.182. The molecule has 4 amide bonds. The van der Waals surface area contributed by atoms with Gasteiger partial charge in [-0.1, -0.05) is 47.5 Å². The van der Waals surface area contributed by atoms with Crippen molar-refractivity contribution in [3.63, 3.8) is 0 Å². The van der Waals surface area contributed by atoms with Crippen LogP contribution in [0.15, 0.2) is 47.4 Å². The molecular formula is C22H17Cl2N3O4S. The Hall–Kier alpha value is -2.81. The Morgan fingerprint density at radius 3 is 2.75 bits per heavy atom. The van der Waals surface area contributed by atoms with Crippen molar-refractivity contribution in [3.8, 4) is 0 Å². The molecule has 2 aromatic carbocycles. The smallest absolute Gasteiger partial charge is 0.293 e. The van der Waals surface area contributed by atoms with Crippen LogP contribution in [-0.4, -0.2) is 41.0 Å². The van der Waals surface area contributed by atoms with Gasteiger partial charge in [-0.05, 0) is 47.2 Å². The molecule has 0 radical (unpaired) electrons. The van der Waals surface area contributed by atoms with Gasteiger partial charge in [0.25, 0.3) is 11.1 Å². The van der Waals surface area contributed by atoms with Gasteiger partial charge in [-0.3, -0.25) is 24.1 Å². The van der Waals surface area contributed by atoms with Crippen LogP contribution in [0.3, 0.4) is 0 Å². The number of thioether (sulfide) groups is 1. The second kappa shape index (κ2) is 9.36. The minimum absolute atomic E-state index is 0.0165. The molecule has 7 nitrogen and oxygen atoms in total. The number of carbonyl (C=O) groups excluding carboxylic acids is 4. The molecule has 10 heteroatoms. The van der Waals surface area contributed by atoms with Crippen LogP contribution in [0, 0.1) is 0 Å². The molecule has 1 fully saturated rings. The van der Waals surface area contributed by atoms with E-state index in [1.807, 2.05) is 0 Å². The van der Waals surface area contributed by atoms with Gasteiger partial charge in [-0.25, -0.2) is 0 Å². The third-order valence-corrected chi connectivity index (χ3v) is 6.54. The summed E-state index contributed by atoms with van der Waals surface area (Å²) in [5.41, 5.74) is 1.92. The summed E-state index contributed by atoms with van der Waals surface area (Å²) in [6.45, 7) is 0.0921. The van der Waals surface area contributed by atoms with Crippen LogP contribution in [-0.2, 0) is 14.4 Å². The third-order valence-electron chi connectivity index (χ3n) is 5.07. The number of carbonyl (C=O) groups is 4. The van der Waals surface area contributed by atoms with Crippen LogP contribution in [0.2, 0.25) is 10.0 Å². The highest BCUT2D eigenvalue weighted by molar-refractivity contribution is 8.18. The Balaban J connectivity index is 1.39. The maximum Gasteiger partial charge on any atom is 0.293 e. The highest BCUT2D eigenvalue weighted by atomic mass is 35.5. The topological polar surface area (TPSA) is 95.6 Å². The average Bonchev–Trinajstić information content (AvgIpc) is 3.02. The Labute approximate surface area is 198 Å². The van der Waals surface area contributed by atoms with Gasteiger partial charge in [0, 0.05) is 35.2 Å². The molecule has 2 aliphatic rings. The van der Waals surface area contributed by atoms with Crippen LogP contribution in [0.1, 0.15) is 23.5 Å². The van der Waals surface area contributed by atoms with Crippen molar-refractivity contribution in [1.82, 2.24) is 10.2 Å². The van der Waals surface area contributed by atoms with Crippen LogP contribution in [0.5, 0.6) is 0 Å². The zero-order valence-electron chi connectivity index (χ0n) is 16.6. The number of imide groups is 1. The summed E-state index contributed by atoms with van der Waals surface area (Å²) in [6.07, 6.45) is 1.58. The van der Waals surface area contributed by atoms with Crippen molar-refractivity contribution in [3.05, 3.63) is 68.5 Å². The molecule has 1 unspecified atom stereocenters. The highest BCUT2D eigenvalue weighted by Gasteiger charge is 2.35. The largest absolute Gasteiger partial charge is 0.354 e. The Bertz CT molecular complexity index is 1170. The summed E-state index contributed by atoms with van der Waals surface area (Å²) in [4.78, 5) is 50.9. The molecule has 0 bridgehead atoms. The van der Waals surface area contributed by atoms with Crippen molar-refractivity contribution in [1.29, 1.82) is 0 Å². The van der Waals surface area contributed by atoms with Gasteiger partial charge in [0.15, 0.2) is 0 Å². The molecule has 0 aromatic heterocycles. The molecule has 0 spiro atoms. The predicted molar refractivity (Wildman–Crippen MR) is 125 cm³/mol. The van der Waals surface area contributed by atoms with Gasteiger partial charge in [0.2, 0.25) is 11.8 Å². The van der Waals surface area contributed by atoms with Crippen LogP contribution >= 0.6 is 35.0 Å². The van der Waals surface area contributed by atoms with Crippen molar-refractivity contribution in [2.75, 3.05) is 18.4 Å². The summed E-state index contributed by atoms with van der Waals surface area (Å²) in [6, 6.07) is 12.0. The van der Waals surface area contributed by atoms with E-state index in [1.54, 1.807) is 48.5 Å². The monoisotopic (exact) mass is 489 g/mol. The lowest BCUT2D eigenvalue weighted by molar-refractivity contribution is -0.126. The van der Waals surface area contributed by atoms with E-state index in [0.29, 0.717) is 21.3 Å². The maximum atomic E-state index is 12.7. The summed E-state index contributed by atoms with van der Waals surface area (Å²) in [5, 5.41) is 5.89. The number of anilines is 1. The van der Waals surface area contributed by atoms with Crippen molar-refractivity contribution in [2.45, 2.75) is 12.3 Å². The summed E-state index contributed by atoms with van der Waals surface area (Å²) in [5.74, 6) is -1.65. The van der Waals surface area contributed by atoms with Gasteiger partial charge >= 0.3 is 0 Å². The minimum Gasteiger partial charge on any atom is -0.354 e. The van der Waals surface area contributed by atoms with Crippen LogP contribution < -0.4 is 10.6 Å². The number of benzene rings is 2. The van der Waals surface area contributed by atoms with Crippen molar-refractivity contribution >= 4 is 69.7 Å². The summed E-state index contributed by atoms with van der Waals surface area (Å²) in [7, 11) is 0. The Morgan fingerprint density at radius 2 is 1.97 bits per heavy atom. The molecule has 32 heavy (non-hydrogen) atoms. The SMILES string of the molecule is O=C1CC(C(=O)NCCN2C(=O)S/C(=C\c3ccc(Cl)cc3Cl)C2=O)c2ccccc2N1. The van der Waals surface area contributed by atoms with E-state index in [1.165, 1.54) is 0 Å². The molecule has 164 valence electrons. The van der Waals surface area contributed by atoms with Crippen LogP contribution in [0.4, 0.5) is 10.5 Å². The molecule has 2 aliphatic heterocycles. The van der Waals surface area contributed by atoms with E-state index in [9.17, 15) is 19.2 Å². The van der Waals surface area contributed by atoms with Gasteiger partial charge < -0.3 is 10.6 Å². The van der Waals surface area contributed by atoms with E-state index in [0.717, 1.165) is 22.2 Å². The van der Waals surface area contributed by atoms with Gasteiger partial charge in [0.05, 0.1) is 10.8 Å². The summed E-state index contributed by atoms with van der Waals surface area (Å²) >= 11 is 12.8. The standard InChI is InChI=1S/C22H17Cl2N3O4S/c23-13-6-5-12(16(24)10-13)9-18-21(30)27(22(31)32-18)8-7-25-20(29)15-11-19(28)26-17-4-2-1-3-14(15)17/h1-6,9-10,15H,7-8,11H2,(H,25,29)(H,26,28)/b18-9-. The first-order valence-electron chi connectivity index (χ1n) is 9.70. The average molecular weight is 490 g/mol. The van der Waals surface area contributed by atoms with E-state index in [4.69, 9.17) is 23.2 Å². The highest BCUT2D eigenvalue weighted by Crippen LogP contribution is 2.34. The number of nitrogens with zero attached hydrogens (tertiary/aromatic N) is 1. The molecule has 2 heterocycles. The lowest BCUT2D eigenvalue weighted by atomic mass is 9.90. The first kappa shape index (κ1) is 22.4. The molecule has 4 rings (SSSR count). The Kier molecular flexibility index (Phi) is 6.55. The van der Waals surface area contributed by atoms with Gasteiger partial charge in [-0.2, -0.15) is 0 Å². The van der Waals surface area contributed by atoms with Gasteiger partial charge in [0.1, 0.15) is 0 Å². The molecule has 2 aromatic rings. The Morgan fingerprint density at radius 1 is 1.19 bits per heavy atom. The minimum atomic E-state index is -0.623. The quantitative estimate of drug-likeness (QED) is 0.611. The zero-order valence-corrected chi connectivity index (χ0v) is 18.9. The molecule has 1 atom stereocenters. The van der Waals surface area contributed by atoms with Crippen molar-refractivity contribution < 1.29 is 19.2 Å². The summed E-state index contributed by atoms with van der Waals surface area (Å²) < 4.78 is 0. The fourth-order valence-corrected chi connectivity index (χ4v) is 4.83. The van der Waals surface area contributed by atoms with Crippen LogP contribution in [0.25, 0.3) is 6.08 Å². The second-order valence-corrected chi connectivity index (χ2v) is 9.02. The fourth-order valence-electron chi connectivity index (χ4n) is 3.51. The molecule has 0 saturated carbocycles.